The molecule has 2 N–H and O–H groups in total. The van der Waals surface area contributed by atoms with Gasteiger partial charge in [0.25, 0.3) is 11.6 Å². The molecule has 1 atom stereocenters. The van der Waals surface area contributed by atoms with Gasteiger partial charge in [-0.25, -0.2) is 4.79 Å². The molecule has 4 aliphatic carbocycles. The lowest BCUT2D eigenvalue weighted by atomic mass is 9.47. The Morgan fingerprint density at radius 2 is 1.74 bits per heavy atom. The fraction of sp³-hybridized carbons (Fsp3) is 0.579. The zero-order valence-corrected chi connectivity index (χ0v) is 15.4. The number of non-ortho nitro benzene ring substituents is 1. The Labute approximate surface area is 161 Å². The molecular weight excluding hydrogens is 372 g/mol. The van der Waals surface area contributed by atoms with Crippen molar-refractivity contribution in [3.8, 4) is 0 Å². The van der Waals surface area contributed by atoms with Gasteiger partial charge in [0.15, 0.2) is 0 Å². The van der Waals surface area contributed by atoms with Gasteiger partial charge in [-0.2, -0.15) is 0 Å². The maximum absolute atomic E-state index is 12.8. The van der Waals surface area contributed by atoms with Crippen molar-refractivity contribution >= 4 is 29.2 Å². The molecule has 1 unspecified atom stereocenters. The fourth-order valence-electron chi connectivity index (χ4n) is 6.02. The van der Waals surface area contributed by atoms with Crippen LogP contribution >= 0.6 is 11.6 Å². The molecule has 5 rings (SSSR count). The van der Waals surface area contributed by atoms with Crippen molar-refractivity contribution in [2.45, 2.75) is 44.6 Å². The van der Waals surface area contributed by atoms with Crippen molar-refractivity contribution in [1.29, 1.82) is 0 Å². The topological polar surface area (TPSA) is 110 Å². The van der Waals surface area contributed by atoms with E-state index < -0.39 is 28.3 Å². The molecular formula is C19H21ClN2O5. The highest BCUT2D eigenvalue weighted by Gasteiger charge is 2.56. The quantitative estimate of drug-likeness (QED) is 0.587. The summed E-state index contributed by atoms with van der Waals surface area (Å²) < 4.78 is 0. The van der Waals surface area contributed by atoms with Gasteiger partial charge in [-0.05, 0) is 62.3 Å². The first-order valence-electron chi connectivity index (χ1n) is 9.25. The van der Waals surface area contributed by atoms with E-state index in [4.69, 9.17) is 11.6 Å². The van der Waals surface area contributed by atoms with Gasteiger partial charge in [0.2, 0.25) is 0 Å². The van der Waals surface area contributed by atoms with E-state index in [9.17, 15) is 24.8 Å². The summed E-state index contributed by atoms with van der Waals surface area (Å²) in [5, 5.41) is 23.6. The Morgan fingerprint density at radius 3 is 2.22 bits per heavy atom. The number of nitrogens with zero attached hydrogens (tertiary/aromatic N) is 1. The van der Waals surface area contributed by atoms with Crippen molar-refractivity contribution in [3.63, 3.8) is 0 Å². The predicted octanol–water partition coefficient (Wildman–Crippen LogP) is 3.65. The third kappa shape index (κ3) is 3.18. The predicted molar refractivity (Wildman–Crippen MR) is 97.6 cm³/mol. The first-order valence-corrected chi connectivity index (χ1v) is 9.63. The van der Waals surface area contributed by atoms with Gasteiger partial charge in [-0.3, -0.25) is 14.9 Å². The van der Waals surface area contributed by atoms with E-state index in [0.29, 0.717) is 17.8 Å². The summed E-state index contributed by atoms with van der Waals surface area (Å²) in [7, 11) is 0. The van der Waals surface area contributed by atoms with E-state index in [0.717, 1.165) is 44.6 Å². The molecule has 7 nitrogen and oxygen atoms in total. The third-order valence-corrected chi connectivity index (χ3v) is 6.96. The minimum absolute atomic E-state index is 0.0627. The van der Waals surface area contributed by atoms with Crippen LogP contribution in [0.3, 0.4) is 0 Å². The summed E-state index contributed by atoms with van der Waals surface area (Å²) in [6.45, 7) is 0. The van der Waals surface area contributed by atoms with E-state index in [2.05, 4.69) is 5.32 Å². The van der Waals surface area contributed by atoms with Crippen LogP contribution in [0.15, 0.2) is 18.2 Å². The number of amides is 1. The molecule has 0 spiro atoms. The van der Waals surface area contributed by atoms with Gasteiger partial charge < -0.3 is 10.4 Å². The Bertz CT molecular complexity index is 789. The molecule has 4 saturated carbocycles. The standard InChI is InChI=1S/C19H21ClN2O5/c20-15-2-1-13(22(26)27)6-14(15)17(23)21-16(18(24)25)19-7-10-3-11(8-19)5-12(4-10)9-19/h1-2,6,10-12,16H,3-5,7-9H2,(H,21,23)(H,24,25). The normalized spacial score (nSPS) is 32.1. The van der Waals surface area contributed by atoms with Crippen LogP contribution in [0.1, 0.15) is 48.9 Å². The van der Waals surface area contributed by atoms with Crippen LogP contribution in [0.2, 0.25) is 5.02 Å². The Kier molecular flexibility index (Phi) is 4.37. The molecule has 8 heteroatoms. The lowest BCUT2D eigenvalue weighted by molar-refractivity contribution is -0.384. The van der Waals surface area contributed by atoms with Crippen LogP contribution in [0.4, 0.5) is 5.69 Å². The number of nitro groups is 1. The van der Waals surface area contributed by atoms with Gasteiger partial charge in [-0.15, -0.1) is 0 Å². The number of carboxylic acid groups (broad SMARTS) is 1. The lowest BCUT2D eigenvalue weighted by Gasteiger charge is -2.58. The monoisotopic (exact) mass is 392 g/mol. The van der Waals surface area contributed by atoms with E-state index in [1.54, 1.807) is 0 Å². The second-order valence-electron chi connectivity index (χ2n) is 8.45. The van der Waals surface area contributed by atoms with Crippen molar-refractivity contribution in [3.05, 3.63) is 38.9 Å². The van der Waals surface area contributed by atoms with E-state index >= 15 is 0 Å². The summed E-state index contributed by atoms with van der Waals surface area (Å²) in [6, 6.07) is 2.59. The number of carbonyl (C=O) groups is 2. The average molecular weight is 393 g/mol. The van der Waals surface area contributed by atoms with Crippen LogP contribution < -0.4 is 5.32 Å². The zero-order valence-electron chi connectivity index (χ0n) is 14.7. The number of hydrogen-bond donors (Lipinski definition) is 2. The Hall–Kier alpha value is -2.15. The minimum Gasteiger partial charge on any atom is -0.480 e. The zero-order chi connectivity index (χ0) is 19.3. The number of nitro benzene ring substituents is 1. The molecule has 0 saturated heterocycles. The summed E-state index contributed by atoms with van der Waals surface area (Å²) in [4.78, 5) is 35.2. The van der Waals surface area contributed by atoms with Crippen molar-refractivity contribution in [1.82, 2.24) is 5.32 Å². The van der Waals surface area contributed by atoms with Gasteiger partial charge >= 0.3 is 5.97 Å². The van der Waals surface area contributed by atoms with Gasteiger partial charge in [0.05, 0.1) is 15.5 Å². The second kappa shape index (κ2) is 6.48. The van der Waals surface area contributed by atoms with Crippen LogP contribution in [0.5, 0.6) is 0 Å². The van der Waals surface area contributed by atoms with Crippen molar-refractivity contribution in [2.75, 3.05) is 0 Å². The molecule has 0 radical (unpaired) electrons. The molecule has 1 aromatic rings. The molecule has 4 bridgehead atoms. The van der Waals surface area contributed by atoms with E-state index in [1.165, 1.54) is 12.1 Å². The fourth-order valence-corrected chi connectivity index (χ4v) is 6.22. The number of nitrogens with one attached hydrogen (secondary N) is 1. The highest BCUT2D eigenvalue weighted by atomic mass is 35.5. The lowest BCUT2D eigenvalue weighted by Crippen LogP contribution is -2.59. The first kappa shape index (κ1) is 18.2. The third-order valence-electron chi connectivity index (χ3n) is 6.63. The maximum Gasteiger partial charge on any atom is 0.326 e. The molecule has 0 heterocycles. The first-order chi connectivity index (χ1) is 12.8. The van der Waals surface area contributed by atoms with Gasteiger partial charge in [0, 0.05) is 17.5 Å². The summed E-state index contributed by atoms with van der Waals surface area (Å²) in [5.41, 5.74) is -0.753. The molecule has 4 fully saturated rings. The van der Waals surface area contributed by atoms with Crippen LogP contribution in [-0.4, -0.2) is 27.9 Å². The maximum atomic E-state index is 12.8. The summed E-state index contributed by atoms with van der Waals surface area (Å²) >= 11 is 6.05. The largest absolute Gasteiger partial charge is 0.480 e. The van der Waals surface area contributed by atoms with E-state index in [-0.39, 0.29) is 16.3 Å². The van der Waals surface area contributed by atoms with Crippen molar-refractivity contribution in [2.24, 2.45) is 23.2 Å². The van der Waals surface area contributed by atoms with Gasteiger partial charge in [0.1, 0.15) is 6.04 Å². The molecule has 0 aliphatic heterocycles. The molecule has 1 amide bonds. The number of carboxylic acids is 1. The average Bonchev–Trinajstić information content (AvgIpc) is 2.58. The molecule has 144 valence electrons. The van der Waals surface area contributed by atoms with E-state index in [1.807, 2.05) is 0 Å². The highest BCUT2D eigenvalue weighted by molar-refractivity contribution is 6.34. The van der Waals surface area contributed by atoms with Crippen LogP contribution in [-0.2, 0) is 4.79 Å². The minimum atomic E-state index is -1.05. The SMILES string of the molecule is O=C(NC(C(=O)O)C12CC3CC(CC(C3)C1)C2)c1cc([N+](=O)[O-])ccc1Cl. The number of rotatable bonds is 5. The van der Waals surface area contributed by atoms with Crippen molar-refractivity contribution < 1.29 is 19.6 Å². The summed E-state index contributed by atoms with van der Waals surface area (Å²) in [5.74, 6) is -0.108. The van der Waals surface area contributed by atoms with Crippen LogP contribution in [0.25, 0.3) is 0 Å². The number of hydrogen-bond acceptors (Lipinski definition) is 4. The Balaban J connectivity index is 1.61. The number of benzene rings is 1. The van der Waals surface area contributed by atoms with Crippen LogP contribution in [0, 0.1) is 33.3 Å². The smallest absolute Gasteiger partial charge is 0.326 e. The van der Waals surface area contributed by atoms with Gasteiger partial charge in [-0.1, -0.05) is 11.6 Å². The number of aliphatic carboxylic acids is 1. The Morgan fingerprint density at radius 1 is 1.19 bits per heavy atom. The molecule has 27 heavy (non-hydrogen) atoms. The summed E-state index contributed by atoms with van der Waals surface area (Å²) in [6.07, 6.45) is 5.94. The highest BCUT2D eigenvalue weighted by Crippen LogP contribution is 2.61. The molecule has 1 aromatic carbocycles. The number of halogens is 1. The molecule has 0 aromatic heterocycles. The second-order valence-corrected chi connectivity index (χ2v) is 8.85. The molecule has 4 aliphatic rings. The number of carbonyl (C=O) groups excluding carboxylic acids is 1.